The third-order valence-electron chi connectivity index (χ3n) is 2.28. The Morgan fingerprint density at radius 2 is 1.90 bits per heavy atom. The Labute approximate surface area is 121 Å². The maximum atomic E-state index is 13.3. The van der Waals surface area contributed by atoms with Crippen LogP contribution in [0.2, 0.25) is 10.0 Å². The van der Waals surface area contributed by atoms with E-state index in [0.717, 1.165) is 6.33 Å². The number of nitrogens with one attached hydrogen (secondary N) is 1. The van der Waals surface area contributed by atoms with E-state index in [9.17, 15) is 14.5 Å². The number of hydrogen-bond donors (Lipinski definition) is 2. The fourth-order valence-electron chi connectivity index (χ4n) is 1.43. The van der Waals surface area contributed by atoms with Crippen molar-refractivity contribution in [3.8, 4) is 0 Å². The lowest BCUT2D eigenvalue weighted by Crippen LogP contribution is -2.05. The van der Waals surface area contributed by atoms with Gasteiger partial charge in [0.25, 0.3) is 0 Å². The van der Waals surface area contributed by atoms with Crippen molar-refractivity contribution in [3.63, 3.8) is 0 Å². The lowest BCUT2D eigenvalue weighted by molar-refractivity contribution is -0.383. The molecular formula is C10H6Cl2FN5O2. The third kappa shape index (κ3) is 2.70. The first-order valence-corrected chi connectivity index (χ1v) is 5.82. The van der Waals surface area contributed by atoms with Crippen molar-refractivity contribution in [1.82, 2.24) is 9.97 Å². The smallest absolute Gasteiger partial charge is 0.353 e. The zero-order valence-electron chi connectivity index (χ0n) is 9.60. The van der Waals surface area contributed by atoms with Gasteiger partial charge in [-0.1, -0.05) is 23.2 Å². The highest BCUT2D eigenvalue weighted by molar-refractivity contribution is 6.35. The summed E-state index contributed by atoms with van der Waals surface area (Å²) in [5, 5.41) is 13.0. The molecule has 0 aliphatic heterocycles. The monoisotopic (exact) mass is 317 g/mol. The van der Waals surface area contributed by atoms with E-state index < -0.39 is 16.4 Å². The van der Waals surface area contributed by atoms with E-state index in [1.807, 2.05) is 0 Å². The summed E-state index contributed by atoms with van der Waals surface area (Å²) in [6.45, 7) is 0. The van der Waals surface area contributed by atoms with Crippen LogP contribution in [-0.2, 0) is 0 Å². The number of hydrogen-bond acceptors (Lipinski definition) is 6. The molecule has 0 fully saturated rings. The Morgan fingerprint density at radius 1 is 1.30 bits per heavy atom. The predicted molar refractivity (Wildman–Crippen MR) is 72.8 cm³/mol. The highest BCUT2D eigenvalue weighted by Crippen LogP contribution is 2.32. The van der Waals surface area contributed by atoms with Gasteiger partial charge in [0.2, 0.25) is 11.6 Å². The van der Waals surface area contributed by atoms with Crippen LogP contribution in [-0.4, -0.2) is 14.9 Å². The summed E-state index contributed by atoms with van der Waals surface area (Å²) >= 11 is 11.3. The molecule has 0 aliphatic rings. The molecule has 7 nitrogen and oxygen atoms in total. The highest BCUT2D eigenvalue weighted by Gasteiger charge is 2.21. The molecule has 0 saturated heterocycles. The average Bonchev–Trinajstić information content (AvgIpc) is 2.35. The van der Waals surface area contributed by atoms with E-state index in [2.05, 4.69) is 15.3 Å². The number of aromatic nitrogens is 2. The first-order chi connectivity index (χ1) is 9.40. The molecule has 1 aromatic heterocycles. The van der Waals surface area contributed by atoms with Gasteiger partial charge in [-0.2, -0.15) is 0 Å². The molecular weight excluding hydrogens is 312 g/mol. The molecule has 0 saturated carbocycles. The highest BCUT2D eigenvalue weighted by atomic mass is 35.5. The second kappa shape index (κ2) is 5.43. The predicted octanol–water partition coefficient (Wildman–Crippen LogP) is 3.16. The number of nitro groups is 1. The van der Waals surface area contributed by atoms with Crippen molar-refractivity contribution < 1.29 is 9.31 Å². The van der Waals surface area contributed by atoms with Gasteiger partial charge in [-0.25, -0.2) is 14.4 Å². The molecule has 0 amide bonds. The quantitative estimate of drug-likeness (QED) is 0.511. The molecule has 0 aliphatic carbocycles. The van der Waals surface area contributed by atoms with Crippen molar-refractivity contribution >= 4 is 46.2 Å². The van der Waals surface area contributed by atoms with Crippen LogP contribution in [0.5, 0.6) is 0 Å². The van der Waals surface area contributed by atoms with Gasteiger partial charge in [0.05, 0.1) is 15.0 Å². The van der Waals surface area contributed by atoms with Crippen LogP contribution in [0, 0.1) is 15.9 Å². The van der Waals surface area contributed by atoms with E-state index in [0.29, 0.717) is 0 Å². The summed E-state index contributed by atoms with van der Waals surface area (Å²) in [6, 6.07) is 2.43. The Hall–Kier alpha value is -2.19. The van der Waals surface area contributed by atoms with Gasteiger partial charge in [-0.3, -0.25) is 10.1 Å². The molecule has 1 heterocycles. The number of rotatable bonds is 3. The van der Waals surface area contributed by atoms with Crippen LogP contribution >= 0.6 is 23.2 Å². The molecule has 0 bridgehead atoms. The van der Waals surface area contributed by atoms with Crippen molar-refractivity contribution in [2.45, 2.75) is 0 Å². The normalized spacial score (nSPS) is 10.3. The van der Waals surface area contributed by atoms with Crippen LogP contribution in [0.3, 0.4) is 0 Å². The number of anilines is 3. The Balaban J connectivity index is 2.45. The van der Waals surface area contributed by atoms with Crippen molar-refractivity contribution in [1.29, 1.82) is 0 Å². The SMILES string of the molecule is Nc1ncnc(Nc2cc(Cl)c(F)c(Cl)c2)c1[N+](=O)[O-]. The number of halogens is 3. The number of benzene rings is 1. The summed E-state index contributed by atoms with van der Waals surface area (Å²) in [5.74, 6) is -1.23. The van der Waals surface area contributed by atoms with Crippen molar-refractivity contribution in [2.75, 3.05) is 11.1 Å². The maximum Gasteiger partial charge on any atom is 0.353 e. The number of nitrogens with zero attached hydrogens (tertiary/aromatic N) is 3. The zero-order chi connectivity index (χ0) is 14.9. The minimum atomic E-state index is -0.782. The molecule has 0 spiro atoms. The molecule has 1 aromatic carbocycles. The largest absolute Gasteiger partial charge is 0.378 e. The fraction of sp³-hybridized carbons (Fsp3) is 0. The van der Waals surface area contributed by atoms with E-state index in [4.69, 9.17) is 28.9 Å². The fourth-order valence-corrected chi connectivity index (χ4v) is 1.92. The van der Waals surface area contributed by atoms with Crippen LogP contribution in [0.25, 0.3) is 0 Å². The summed E-state index contributed by atoms with van der Waals surface area (Å²) in [4.78, 5) is 17.4. The van der Waals surface area contributed by atoms with E-state index in [-0.39, 0.29) is 27.4 Å². The topological polar surface area (TPSA) is 107 Å². The van der Waals surface area contributed by atoms with E-state index in [1.165, 1.54) is 12.1 Å². The molecule has 2 rings (SSSR count). The molecule has 104 valence electrons. The van der Waals surface area contributed by atoms with Gasteiger partial charge in [-0.15, -0.1) is 0 Å². The van der Waals surface area contributed by atoms with Gasteiger partial charge in [0, 0.05) is 5.69 Å². The van der Waals surface area contributed by atoms with Crippen molar-refractivity contribution in [3.05, 3.63) is 44.4 Å². The van der Waals surface area contributed by atoms with Gasteiger partial charge < -0.3 is 11.1 Å². The summed E-state index contributed by atoms with van der Waals surface area (Å²) < 4.78 is 13.3. The van der Waals surface area contributed by atoms with Gasteiger partial charge in [0.15, 0.2) is 5.82 Å². The van der Waals surface area contributed by atoms with Crippen LogP contribution < -0.4 is 11.1 Å². The van der Waals surface area contributed by atoms with Crippen LogP contribution in [0.15, 0.2) is 18.5 Å². The standard InChI is InChI=1S/C10H6Cl2FN5O2/c11-5-1-4(2-6(12)7(5)13)17-10-8(18(19)20)9(14)15-3-16-10/h1-3H,(H3,14,15,16,17). The van der Waals surface area contributed by atoms with Crippen LogP contribution in [0.1, 0.15) is 0 Å². The summed E-state index contributed by atoms with van der Waals surface area (Å²) in [6.07, 6.45) is 1.05. The zero-order valence-corrected chi connectivity index (χ0v) is 11.1. The number of nitrogens with two attached hydrogens (primary N) is 1. The second-order valence-corrected chi connectivity index (χ2v) is 4.41. The number of nitrogen functional groups attached to an aromatic ring is 1. The van der Waals surface area contributed by atoms with Gasteiger partial charge >= 0.3 is 5.69 Å². The summed E-state index contributed by atoms with van der Waals surface area (Å²) in [5.41, 5.74) is 5.14. The maximum absolute atomic E-state index is 13.3. The lowest BCUT2D eigenvalue weighted by Gasteiger charge is -2.08. The van der Waals surface area contributed by atoms with Gasteiger partial charge in [-0.05, 0) is 12.1 Å². The van der Waals surface area contributed by atoms with E-state index >= 15 is 0 Å². The molecule has 2 aromatic rings. The summed E-state index contributed by atoms with van der Waals surface area (Å²) in [7, 11) is 0. The van der Waals surface area contributed by atoms with E-state index in [1.54, 1.807) is 0 Å². The molecule has 0 atom stereocenters. The van der Waals surface area contributed by atoms with Crippen LogP contribution in [0.4, 0.5) is 27.4 Å². The molecule has 0 radical (unpaired) electrons. The molecule has 10 heteroatoms. The Bertz CT molecular complexity index is 674. The minimum absolute atomic E-state index is 0.152. The Kier molecular flexibility index (Phi) is 3.86. The molecule has 0 unspecified atom stereocenters. The average molecular weight is 318 g/mol. The van der Waals surface area contributed by atoms with Crippen molar-refractivity contribution in [2.24, 2.45) is 0 Å². The third-order valence-corrected chi connectivity index (χ3v) is 2.83. The van der Waals surface area contributed by atoms with Gasteiger partial charge in [0.1, 0.15) is 6.33 Å². The Morgan fingerprint density at radius 3 is 2.45 bits per heavy atom. The lowest BCUT2D eigenvalue weighted by atomic mass is 10.3. The molecule has 20 heavy (non-hydrogen) atoms. The second-order valence-electron chi connectivity index (χ2n) is 3.59. The first kappa shape index (κ1) is 14.2. The minimum Gasteiger partial charge on any atom is -0.378 e. The molecule has 3 N–H and O–H groups in total. The first-order valence-electron chi connectivity index (χ1n) is 5.06.